The van der Waals surface area contributed by atoms with E-state index in [-0.39, 0.29) is 5.78 Å². The third-order valence-corrected chi connectivity index (χ3v) is 3.52. The standard InChI is InChI=1S/C18H20O3/c1-4-14-12-16(21-3)9-10-17(14)18(19)11-13-5-7-15(20-2)8-6-13/h5-10,12H,4,11H2,1-3H3. The van der Waals surface area contributed by atoms with E-state index in [4.69, 9.17) is 9.47 Å². The lowest BCUT2D eigenvalue weighted by atomic mass is 9.97. The van der Waals surface area contributed by atoms with Crippen molar-refractivity contribution >= 4 is 5.78 Å². The lowest BCUT2D eigenvalue weighted by molar-refractivity contribution is 0.0992. The van der Waals surface area contributed by atoms with Crippen LogP contribution < -0.4 is 9.47 Å². The summed E-state index contributed by atoms with van der Waals surface area (Å²) in [6, 6.07) is 13.2. The van der Waals surface area contributed by atoms with Gasteiger partial charge in [0.15, 0.2) is 5.78 Å². The highest BCUT2D eigenvalue weighted by molar-refractivity contribution is 5.99. The van der Waals surface area contributed by atoms with Crippen molar-refractivity contribution in [3.63, 3.8) is 0 Å². The smallest absolute Gasteiger partial charge is 0.167 e. The zero-order valence-corrected chi connectivity index (χ0v) is 12.7. The zero-order chi connectivity index (χ0) is 15.2. The molecule has 0 aliphatic carbocycles. The van der Waals surface area contributed by atoms with Gasteiger partial charge in [0.05, 0.1) is 14.2 Å². The Bertz CT molecular complexity index is 615. The molecule has 0 heterocycles. The van der Waals surface area contributed by atoms with Gasteiger partial charge in [0.2, 0.25) is 0 Å². The molecule has 110 valence electrons. The Balaban J connectivity index is 2.19. The third-order valence-electron chi connectivity index (χ3n) is 3.52. The topological polar surface area (TPSA) is 35.5 Å². The highest BCUT2D eigenvalue weighted by atomic mass is 16.5. The molecule has 0 aliphatic heterocycles. The minimum Gasteiger partial charge on any atom is -0.497 e. The summed E-state index contributed by atoms with van der Waals surface area (Å²) >= 11 is 0. The fourth-order valence-electron chi connectivity index (χ4n) is 2.29. The van der Waals surface area contributed by atoms with Gasteiger partial charge < -0.3 is 9.47 Å². The normalized spacial score (nSPS) is 10.2. The molecule has 2 aromatic carbocycles. The van der Waals surface area contributed by atoms with Crippen LogP contribution in [-0.2, 0) is 12.8 Å². The summed E-state index contributed by atoms with van der Waals surface area (Å²) in [7, 11) is 3.26. The maximum atomic E-state index is 12.5. The van der Waals surface area contributed by atoms with Gasteiger partial charge >= 0.3 is 0 Å². The number of hydrogen-bond donors (Lipinski definition) is 0. The molecule has 0 saturated heterocycles. The molecule has 2 rings (SSSR count). The number of methoxy groups -OCH3 is 2. The van der Waals surface area contributed by atoms with E-state index in [1.807, 2.05) is 49.4 Å². The zero-order valence-electron chi connectivity index (χ0n) is 12.7. The molecule has 0 bridgehead atoms. The fraction of sp³-hybridized carbons (Fsp3) is 0.278. The van der Waals surface area contributed by atoms with Gasteiger partial charge in [-0.1, -0.05) is 19.1 Å². The Labute approximate surface area is 125 Å². The number of ether oxygens (including phenoxy) is 2. The summed E-state index contributed by atoms with van der Waals surface area (Å²) in [5.41, 5.74) is 2.78. The van der Waals surface area contributed by atoms with Crippen LogP contribution in [0.5, 0.6) is 11.5 Å². The molecule has 3 heteroatoms. The number of carbonyl (C=O) groups is 1. The average Bonchev–Trinajstić information content (AvgIpc) is 2.54. The molecule has 0 atom stereocenters. The first-order chi connectivity index (χ1) is 10.2. The lowest BCUT2D eigenvalue weighted by Crippen LogP contribution is -2.07. The van der Waals surface area contributed by atoms with Crippen LogP contribution in [0.4, 0.5) is 0 Å². The largest absolute Gasteiger partial charge is 0.497 e. The summed E-state index contributed by atoms with van der Waals surface area (Å²) in [5.74, 6) is 1.71. The molecule has 0 fully saturated rings. The second kappa shape index (κ2) is 6.93. The van der Waals surface area contributed by atoms with E-state index in [9.17, 15) is 4.79 Å². The SMILES string of the molecule is CCc1cc(OC)ccc1C(=O)Cc1ccc(OC)cc1. The molecular weight excluding hydrogens is 264 g/mol. The second-order valence-electron chi connectivity index (χ2n) is 4.82. The van der Waals surface area contributed by atoms with E-state index >= 15 is 0 Å². The van der Waals surface area contributed by atoms with Gasteiger partial charge in [-0.15, -0.1) is 0 Å². The van der Waals surface area contributed by atoms with Crippen LogP contribution in [0.1, 0.15) is 28.4 Å². The highest BCUT2D eigenvalue weighted by Crippen LogP contribution is 2.20. The van der Waals surface area contributed by atoms with Gasteiger partial charge in [-0.05, 0) is 47.9 Å². The Morgan fingerprint density at radius 1 is 0.952 bits per heavy atom. The summed E-state index contributed by atoms with van der Waals surface area (Å²) < 4.78 is 10.3. The van der Waals surface area contributed by atoms with Crippen LogP contribution in [-0.4, -0.2) is 20.0 Å². The first-order valence-corrected chi connectivity index (χ1v) is 7.01. The van der Waals surface area contributed by atoms with Crippen molar-refractivity contribution in [2.24, 2.45) is 0 Å². The van der Waals surface area contributed by atoms with E-state index < -0.39 is 0 Å². The van der Waals surface area contributed by atoms with Gasteiger partial charge in [-0.25, -0.2) is 0 Å². The molecule has 0 aromatic heterocycles. The second-order valence-corrected chi connectivity index (χ2v) is 4.82. The van der Waals surface area contributed by atoms with Crippen LogP contribution >= 0.6 is 0 Å². The Kier molecular flexibility index (Phi) is 4.99. The summed E-state index contributed by atoms with van der Waals surface area (Å²) in [6.07, 6.45) is 1.20. The van der Waals surface area contributed by atoms with Crippen molar-refractivity contribution in [2.45, 2.75) is 19.8 Å². The highest BCUT2D eigenvalue weighted by Gasteiger charge is 2.12. The number of rotatable bonds is 6. The average molecular weight is 284 g/mol. The maximum absolute atomic E-state index is 12.5. The Morgan fingerprint density at radius 2 is 1.57 bits per heavy atom. The third kappa shape index (κ3) is 3.63. The van der Waals surface area contributed by atoms with Gasteiger partial charge in [0, 0.05) is 12.0 Å². The number of carbonyl (C=O) groups excluding carboxylic acids is 1. The first-order valence-electron chi connectivity index (χ1n) is 7.01. The number of Topliss-reactive ketones (excluding diaryl/α,β-unsaturated/α-hetero) is 1. The molecule has 0 unspecified atom stereocenters. The number of hydrogen-bond acceptors (Lipinski definition) is 3. The van der Waals surface area contributed by atoms with Gasteiger partial charge in [0.25, 0.3) is 0 Å². The number of benzene rings is 2. The van der Waals surface area contributed by atoms with E-state index in [0.29, 0.717) is 6.42 Å². The molecular formula is C18H20O3. The molecule has 0 aliphatic rings. The molecule has 2 aromatic rings. The lowest BCUT2D eigenvalue weighted by Gasteiger charge is -2.09. The van der Waals surface area contributed by atoms with Gasteiger partial charge in [0.1, 0.15) is 11.5 Å². The van der Waals surface area contributed by atoms with E-state index in [1.165, 1.54) is 0 Å². The van der Waals surface area contributed by atoms with Crippen LogP contribution in [0.2, 0.25) is 0 Å². The summed E-state index contributed by atoms with van der Waals surface area (Å²) in [6.45, 7) is 2.04. The van der Waals surface area contributed by atoms with Crippen molar-refractivity contribution in [3.05, 3.63) is 59.2 Å². The molecule has 0 radical (unpaired) electrons. The Hall–Kier alpha value is -2.29. The first kappa shape index (κ1) is 15.1. The van der Waals surface area contributed by atoms with Crippen LogP contribution in [0.15, 0.2) is 42.5 Å². The summed E-state index contributed by atoms with van der Waals surface area (Å²) in [5, 5.41) is 0. The van der Waals surface area contributed by atoms with Gasteiger partial charge in [-0.2, -0.15) is 0 Å². The van der Waals surface area contributed by atoms with E-state index in [1.54, 1.807) is 14.2 Å². The van der Waals surface area contributed by atoms with Crippen LogP contribution in [0, 0.1) is 0 Å². The van der Waals surface area contributed by atoms with Gasteiger partial charge in [-0.3, -0.25) is 4.79 Å². The predicted molar refractivity (Wildman–Crippen MR) is 83.4 cm³/mol. The molecule has 21 heavy (non-hydrogen) atoms. The van der Waals surface area contributed by atoms with Crippen molar-refractivity contribution < 1.29 is 14.3 Å². The molecule has 0 spiro atoms. The monoisotopic (exact) mass is 284 g/mol. The fourth-order valence-corrected chi connectivity index (χ4v) is 2.29. The van der Waals surface area contributed by atoms with E-state index in [0.717, 1.165) is 34.6 Å². The van der Waals surface area contributed by atoms with Crippen molar-refractivity contribution in [1.29, 1.82) is 0 Å². The minimum absolute atomic E-state index is 0.125. The van der Waals surface area contributed by atoms with Crippen molar-refractivity contribution in [3.8, 4) is 11.5 Å². The Morgan fingerprint density at radius 3 is 2.14 bits per heavy atom. The van der Waals surface area contributed by atoms with Crippen molar-refractivity contribution in [1.82, 2.24) is 0 Å². The van der Waals surface area contributed by atoms with Crippen molar-refractivity contribution in [2.75, 3.05) is 14.2 Å². The molecule has 0 saturated carbocycles. The van der Waals surface area contributed by atoms with E-state index in [2.05, 4.69) is 0 Å². The van der Waals surface area contributed by atoms with Crippen LogP contribution in [0.3, 0.4) is 0 Å². The quantitative estimate of drug-likeness (QED) is 0.759. The molecule has 3 nitrogen and oxygen atoms in total. The summed E-state index contributed by atoms with van der Waals surface area (Å²) in [4.78, 5) is 12.5. The van der Waals surface area contributed by atoms with Crippen LogP contribution in [0.25, 0.3) is 0 Å². The maximum Gasteiger partial charge on any atom is 0.167 e. The molecule has 0 amide bonds. The number of ketones is 1. The molecule has 0 N–H and O–H groups in total. The number of aryl methyl sites for hydroxylation is 1. The minimum atomic E-state index is 0.125. The predicted octanol–water partition coefficient (Wildman–Crippen LogP) is 3.69.